The lowest BCUT2D eigenvalue weighted by molar-refractivity contribution is -0.149. The number of carbonyl (C=O) groups excluding carboxylic acids is 4. The third kappa shape index (κ3) is 8.84. The number of benzene rings is 2. The highest BCUT2D eigenvalue weighted by Crippen LogP contribution is 2.39. The van der Waals surface area contributed by atoms with E-state index < -0.39 is 59.9 Å². The van der Waals surface area contributed by atoms with Gasteiger partial charge in [-0.3, -0.25) is 4.79 Å². The van der Waals surface area contributed by atoms with Gasteiger partial charge in [0.1, 0.15) is 19.3 Å². The summed E-state index contributed by atoms with van der Waals surface area (Å²) in [6, 6.07) is 17.3. The first-order chi connectivity index (χ1) is 22.3. The maximum Gasteiger partial charge on any atom is 0.457 e. The Kier molecular flexibility index (Phi) is 11.6. The van der Waals surface area contributed by atoms with Crippen LogP contribution in [-0.2, 0) is 46.3 Å². The first kappa shape index (κ1) is 35.8. The average molecular weight is 652 g/mol. The fourth-order valence-electron chi connectivity index (χ4n) is 5.86. The maximum atomic E-state index is 13.6. The Labute approximate surface area is 276 Å². The molecule has 254 valence electrons. The molecule has 47 heavy (non-hydrogen) atoms. The summed E-state index contributed by atoms with van der Waals surface area (Å²) < 4.78 is 28.3. The van der Waals surface area contributed by atoms with E-state index in [0.717, 1.165) is 11.1 Å². The van der Waals surface area contributed by atoms with E-state index in [1.807, 2.05) is 88.4 Å². The van der Waals surface area contributed by atoms with Crippen LogP contribution in [0, 0.1) is 5.92 Å². The Morgan fingerprint density at radius 3 is 1.96 bits per heavy atom. The van der Waals surface area contributed by atoms with Crippen molar-refractivity contribution in [1.29, 1.82) is 0 Å². The Morgan fingerprint density at radius 1 is 0.894 bits per heavy atom. The molecule has 0 radical (unpaired) electrons. The number of amides is 3. The Hall–Kier alpha value is -4.10. The lowest BCUT2D eigenvalue weighted by Gasteiger charge is -2.32. The zero-order valence-electron chi connectivity index (χ0n) is 28.1. The SMILES string of the molecule is COC(=O)[C@]1(NC(=O)OCc2ccccc2)CN(C(=O)[C@H](C)NC(=O)OCc2ccccc2)C[C@@H]1CCCB1OC(C)(C)C(C)(C)O1. The van der Waals surface area contributed by atoms with Gasteiger partial charge in [0.05, 0.1) is 24.9 Å². The third-order valence-corrected chi connectivity index (χ3v) is 9.19. The fourth-order valence-corrected chi connectivity index (χ4v) is 5.86. The summed E-state index contributed by atoms with van der Waals surface area (Å²) in [5, 5.41) is 5.34. The van der Waals surface area contributed by atoms with Crippen LogP contribution in [0.2, 0.25) is 6.32 Å². The van der Waals surface area contributed by atoms with E-state index in [-0.39, 0.29) is 26.3 Å². The van der Waals surface area contributed by atoms with Crippen molar-refractivity contribution < 1.29 is 42.7 Å². The molecule has 0 unspecified atom stereocenters. The summed E-state index contributed by atoms with van der Waals surface area (Å²) in [7, 11) is 0.793. The van der Waals surface area contributed by atoms with Crippen LogP contribution in [0.1, 0.15) is 58.6 Å². The molecule has 0 saturated carbocycles. The normalized spacial score (nSPS) is 21.9. The highest BCUT2D eigenvalue weighted by molar-refractivity contribution is 6.45. The predicted molar refractivity (Wildman–Crippen MR) is 174 cm³/mol. The number of nitrogens with one attached hydrogen (secondary N) is 2. The van der Waals surface area contributed by atoms with Gasteiger partial charge in [-0.25, -0.2) is 14.4 Å². The molecule has 2 fully saturated rings. The fraction of sp³-hybridized carbons (Fsp3) is 0.529. The molecule has 3 amide bonds. The van der Waals surface area contributed by atoms with E-state index in [1.54, 1.807) is 6.92 Å². The topological polar surface area (TPSA) is 142 Å². The second kappa shape index (κ2) is 15.2. The molecule has 0 aliphatic carbocycles. The van der Waals surface area contributed by atoms with E-state index in [4.69, 9.17) is 23.5 Å². The molecule has 0 bridgehead atoms. The summed E-state index contributed by atoms with van der Waals surface area (Å²) in [5.41, 5.74) is -0.991. The highest BCUT2D eigenvalue weighted by atomic mass is 16.7. The highest BCUT2D eigenvalue weighted by Gasteiger charge is 2.56. The minimum absolute atomic E-state index is 0.00872. The molecule has 2 heterocycles. The van der Waals surface area contributed by atoms with E-state index in [1.165, 1.54) is 12.0 Å². The quantitative estimate of drug-likeness (QED) is 0.193. The van der Waals surface area contributed by atoms with Gasteiger partial charge >= 0.3 is 25.3 Å². The van der Waals surface area contributed by atoms with Crippen LogP contribution in [0.3, 0.4) is 0 Å². The minimum atomic E-state index is -1.60. The van der Waals surface area contributed by atoms with Gasteiger partial charge in [0.2, 0.25) is 5.91 Å². The monoisotopic (exact) mass is 651 g/mol. The number of alkyl carbamates (subject to hydrolysis) is 2. The Morgan fingerprint density at radius 2 is 1.43 bits per heavy atom. The van der Waals surface area contributed by atoms with Crippen molar-refractivity contribution >= 4 is 31.2 Å². The molecule has 12 nitrogen and oxygen atoms in total. The van der Waals surface area contributed by atoms with Crippen LogP contribution in [0.15, 0.2) is 60.7 Å². The second-order valence-electron chi connectivity index (χ2n) is 13.1. The number of methoxy groups -OCH3 is 1. The number of likely N-dealkylation sites (tertiary alicyclic amines) is 1. The van der Waals surface area contributed by atoms with Gasteiger partial charge in [-0.05, 0) is 58.5 Å². The molecular formula is C34H46BN3O9. The predicted octanol–water partition coefficient (Wildman–Crippen LogP) is 4.47. The molecule has 0 aromatic heterocycles. The maximum absolute atomic E-state index is 13.6. The summed E-state index contributed by atoms with van der Waals surface area (Å²) in [5.74, 6) is -1.68. The standard InChI is InChI=1S/C34H46BN3O9/c1-24(36-30(41)44-21-25-14-9-7-10-15-25)28(39)38-20-27(18-13-19-35-46-32(2,3)33(4,5)47-35)34(23-38,29(40)43-6)37-31(42)45-22-26-16-11-8-12-17-26/h7-12,14-17,24,27H,13,18-23H2,1-6H3,(H,36,41)(H,37,42)/t24-,27-,34-/m0/s1. The van der Waals surface area contributed by atoms with E-state index in [9.17, 15) is 19.2 Å². The first-order valence-corrected chi connectivity index (χ1v) is 16.0. The number of hydrogen-bond acceptors (Lipinski definition) is 9. The molecule has 2 aromatic carbocycles. The molecule has 2 aliphatic heterocycles. The molecule has 2 N–H and O–H groups in total. The molecule has 13 heteroatoms. The average Bonchev–Trinajstić information content (AvgIpc) is 3.51. The van der Waals surface area contributed by atoms with Crippen molar-refractivity contribution in [1.82, 2.24) is 15.5 Å². The van der Waals surface area contributed by atoms with Crippen molar-refractivity contribution in [2.75, 3.05) is 20.2 Å². The van der Waals surface area contributed by atoms with Crippen molar-refractivity contribution in [2.45, 2.75) is 89.8 Å². The molecule has 0 spiro atoms. The van der Waals surface area contributed by atoms with Gasteiger partial charge in [-0.1, -0.05) is 67.1 Å². The number of rotatable bonds is 12. The lowest BCUT2D eigenvalue weighted by atomic mass is 9.77. The van der Waals surface area contributed by atoms with Gasteiger partial charge in [0, 0.05) is 12.5 Å². The van der Waals surface area contributed by atoms with Gasteiger partial charge in [0.15, 0.2) is 5.54 Å². The van der Waals surface area contributed by atoms with Gasteiger partial charge in [-0.15, -0.1) is 0 Å². The molecule has 2 aromatic rings. The molecular weight excluding hydrogens is 605 g/mol. The molecule has 4 rings (SSSR count). The van der Waals surface area contributed by atoms with Gasteiger partial charge in [0.25, 0.3) is 0 Å². The lowest BCUT2D eigenvalue weighted by Crippen LogP contribution is -2.61. The second-order valence-corrected chi connectivity index (χ2v) is 13.1. The van der Waals surface area contributed by atoms with Crippen molar-refractivity contribution in [2.24, 2.45) is 5.92 Å². The largest absolute Gasteiger partial charge is 0.467 e. The number of ether oxygens (including phenoxy) is 3. The van der Waals surface area contributed by atoms with E-state index in [2.05, 4.69) is 10.6 Å². The molecule has 2 aliphatic rings. The van der Waals surface area contributed by atoms with Crippen LogP contribution in [-0.4, -0.2) is 79.1 Å². The van der Waals surface area contributed by atoms with Gasteiger partial charge in [-0.2, -0.15) is 0 Å². The van der Waals surface area contributed by atoms with Crippen molar-refractivity contribution in [3.8, 4) is 0 Å². The van der Waals surface area contributed by atoms with Crippen LogP contribution in [0.5, 0.6) is 0 Å². The van der Waals surface area contributed by atoms with Crippen LogP contribution >= 0.6 is 0 Å². The molecule has 2 saturated heterocycles. The Balaban J connectivity index is 1.46. The minimum Gasteiger partial charge on any atom is -0.467 e. The van der Waals surface area contributed by atoms with Crippen molar-refractivity contribution in [3.05, 3.63) is 71.8 Å². The van der Waals surface area contributed by atoms with Crippen molar-refractivity contribution in [3.63, 3.8) is 0 Å². The van der Waals surface area contributed by atoms with Gasteiger partial charge < -0.3 is 39.1 Å². The number of hydrogen-bond donors (Lipinski definition) is 2. The van der Waals surface area contributed by atoms with Crippen LogP contribution < -0.4 is 10.6 Å². The smallest absolute Gasteiger partial charge is 0.457 e. The van der Waals surface area contributed by atoms with Crippen LogP contribution in [0.25, 0.3) is 0 Å². The third-order valence-electron chi connectivity index (χ3n) is 9.19. The summed E-state index contributed by atoms with van der Waals surface area (Å²) >= 11 is 0. The zero-order chi connectivity index (χ0) is 34.2. The summed E-state index contributed by atoms with van der Waals surface area (Å²) in [6.45, 7) is 9.45. The molecule has 3 atom stereocenters. The van der Waals surface area contributed by atoms with E-state index in [0.29, 0.717) is 19.2 Å². The summed E-state index contributed by atoms with van der Waals surface area (Å²) in [6.07, 6.45) is -0.0288. The Bertz CT molecular complexity index is 1380. The number of nitrogens with zero attached hydrogens (tertiary/aromatic N) is 1. The zero-order valence-corrected chi connectivity index (χ0v) is 28.1. The first-order valence-electron chi connectivity index (χ1n) is 16.0. The van der Waals surface area contributed by atoms with E-state index >= 15 is 0 Å². The van der Waals surface area contributed by atoms with Crippen LogP contribution in [0.4, 0.5) is 9.59 Å². The summed E-state index contributed by atoms with van der Waals surface area (Å²) in [4.78, 5) is 54.3. The number of esters is 1. The number of carbonyl (C=O) groups is 4.